The second-order valence-corrected chi connectivity index (χ2v) is 10.9. The molecule has 0 bridgehead atoms. The van der Waals surface area contributed by atoms with E-state index in [1.807, 2.05) is 26.6 Å². The van der Waals surface area contributed by atoms with Crippen LogP contribution in [0.15, 0.2) is 17.0 Å². The van der Waals surface area contributed by atoms with Gasteiger partial charge in [0.1, 0.15) is 12.9 Å². The highest BCUT2D eigenvalue weighted by molar-refractivity contribution is 7.86. The van der Waals surface area contributed by atoms with Gasteiger partial charge in [0, 0.05) is 0 Å². The zero-order chi connectivity index (χ0) is 16.0. The predicted molar refractivity (Wildman–Crippen MR) is 78.2 cm³/mol. The largest absolute Gasteiger partial charge is 0.543 e. The van der Waals surface area contributed by atoms with Crippen molar-refractivity contribution in [3.8, 4) is 0 Å². The molecule has 0 heterocycles. The summed E-state index contributed by atoms with van der Waals surface area (Å²) in [7, 11) is -4.71. The van der Waals surface area contributed by atoms with E-state index in [4.69, 9.17) is 4.43 Å². The molecule has 0 saturated heterocycles. The van der Waals surface area contributed by atoms with E-state index in [9.17, 15) is 13.2 Å². The van der Waals surface area contributed by atoms with Crippen molar-refractivity contribution >= 4 is 30.1 Å². The molecule has 116 valence electrons. The highest BCUT2D eigenvalue weighted by Gasteiger charge is 2.28. The van der Waals surface area contributed by atoms with Gasteiger partial charge < -0.3 is 13.4 Å². The van der Waals surface area contributed by atoms with Gasteiger partial charge in [0.05, 0.1) is 6.26 Å². The van der Waals surface area contributed by atoms with Gasteiger partial charge in [0.15, 0.2) is 0 Å². The normalized spacial score (nSPS) is 13.9. The van der Waals surface area contributed by atoms with Crippen LogP contribution < -0.4 is 0 Å². The fourth-order valence-electron chi connectivity index (χ4n) is 1.15. The highest BCUT2D eigenvalue weighted by atomic mass is 32.2. The number of allylic oxidation sites excluding steroid dienone is 1. The molecule has 0 aliphatic heterocycles. The Morgan fingerprint density at radius 1 is 1.30 bits per heavy atom. The lowest BCUT2D eigenvalue weighted by Gasteiger charge is -2.21. The second-order valence-electron chi connectivity index (χ2n) is 4.89. The summed E-state index contributed by atoms with van der Waals surface area (Å²) in [5, 5.41) is 3.52. The lowest BCUT2D eigenvalue weighted by Crippen LogP contribution is -2.31. The Morgan fingerprint density at radius 3 is 2.20 bits per heavy atom. The van der Waals surface area contributed by atoms with Gasteiger partial charge >= 0.3 is 16.1 Å². The van der Waals surface area contributed by atoms with Crippen LogP contribution in [0.4, 0.5) is 0 Å². The molecule has 0 aliphatic rings. The summed E-state index contributed by atoms with van der Waals surface area (Å²) in [4.78, 5) is 16.4. The molecule has 7 nitrogen and oxygen atoms in total. The Balaban J connectivity index is 5.48. The summed E-state index contributed by atoms with van der Waals surface area (Å²) >= 11 is 0. The smallest absolute Gasteiger partial charge is 0.379 e. The first kappa shape index (κ1) is 18.6. The number of carbonyl (C=O) groups excluding carboxylic acids is 1. The van der Waals surface area contributed by atoms with Crippen molar-refractivity contribution in [2.24, 2.45) is 5.16 Å². The van der Waals surface area contributed by atoms with Gasteiger partial charge in [-0.05, 0) is 32.1 Å². The van der Waals surface area contributed by atoms with Crippen LogP contribution in [0.1, 0.15) is 13.3 Å². The summed E-state index contributed by atoms with van der Waals surface area (Å²) in [6, 6.07) is 0. The standard InChI is InChI=1S/C11H21NO6SSi/c1-7-8-9(18-20(4,5)6)10(12-16-2)11(13)17-19(3,14)15/h8H,7H2,1-6H3. The van der Waals surface area contributed by atoms with E-state index >= 15 is 0 Å². The number of hydrogen-bond acceptors (Lipinski definition) is 7. The molecule has 9 heteroatoms. The molecule has 0 amide bonds. The minimum absolute atomic E-state index is 0.169. The fraction of sp³-hybridized carbons (Fsp3) is 0.636. The number of nitrogens with zero attached hydrogens (tertiary/aromatic N) is 1. The summed E-state index contributed by atoms with van der Waals surface area (Å²) in [5.74, 6) is -0.963. The topological polar surface area (TPSA) is 91.3 Å². The predicted octanol–water partition coefficient (Wildman–Crippen LogP) is 1.64. The van der Waals surface area contributed by atoms with E-state index in [-0.39, 0.29) is 11.5 Å². The average molecular weight is 323 g/mol. The van der Waals surface area contributed by atoms with E-state index in [0.29, 0.717) is 6.42 Å². The summed E-state index contributed by atoms with van der Waals surface area (Å²) in [6.07, 6.45) is 2.98. The lowest BCUT2D eigenvalue weighted by atomic mass is 10.2. The highest BCUT2D eigenvalue weighted by Crippen LogP contribution is 2.14. The average Bonchev–Trinajstić information content (AvgIpc) is 2.20. The second kappa shape index (κ2) is 7.43. The van der Waals surface area contributed by atoms with Crippen LogP contribution >= 0.6 is 0 Å². The van der Waals surface area contributed by atoms with Crippen molar-refractivity contribution in [2.75, 3.05) is 13.4 Å². The zero-order valence-corrected chi connectivity index (χ0v) is 14.4. The molecule has 0 unspecified atom stereocenters. The Morgan fingerprint density at radius 2 is 1.85 bits per heavy atom. The van der Waals surface area contributed by atoms with E-state index in [2.05, 4.69) is 14.2 Å². The summed E-state index contributed by atoms with van der Waals surface area (Å²) in [6.45, 7) is 7.61. The van der Waals surface area contributed by atoms with E-state index in [1.54, 1.807) is 6.08 Å². The van der Waals surface area contributed by atoms with Gasteiger partial charge in [-0.15, -0.1) is 0 Å². The first-order valence-corrected chi connectivity index (χ1v) is 11.2. The van der Waals surface area contributed by atoms with Crippen molar-refractivity contribution in [1.29, 1.82) is 0 Å². The van der Waals surface area contributed by atoms with Crippen LogP contribution in [0, 0.1) is 0 Å². The van der Waals surface area contributed by atoms with Crippen LogP contribution in [0.25, 0.3) is 0 Å². The molecule has 0 aromatic carbocycles. The summed E-state index contributed by atoms with van der Waals surface area (Å²) < 4.78 is 32.1. The Labute approximate surface area is 120 Å². The number of carbonyl (C=O) groups is 1. The SMILES string of the molecule is CCC=C(O[Si](C)(C)C)C(=NOC)C(=O)OS(C)(=O)=O. The molecule has 0 aliphatic carbocycles. The summed E-state index contributed by atoms with van der Waals surface area (Å²) in [5.41, 5.74) is -0.304. The fourth-order valence-corrected chi connectivity index (χ4v) is 2.35. The number of oxime groups is 1. The number of hydrogen-bond donors (Lipinski definition) is 0. The van der Waals surface area contributed by atoms with Crippen LogP contribution in [-0.4, -0.2) is 41.8 Å². The molecule has 0 aromatic heterocycles. The maximum atomic E-state index is 11.8. The molecule has 0 N–H and O–H groups in total. The molecule has 0 saturated carbocycles. The monoisotopic (exact) mass is 323 g/mol. The Hall–Kier alpha value is -1.35. The molecule has 0 radical (unpaired) electrons. The zero-order valence-electron chi connectivity index (χ0n) is 12.6. The van der Waals surface area contributed by atoms with E-state index < -0.39 is 24.4 Å². The molecule has 20 heavy (non-hydrogen) atoms. The molecule has 0 spiro atoms. The van der Waals surface area contributed by atoms with Gasteiger partial charge in [-0.2, -0.15) is 8.42 Å². The van der Waals surface area contributed by atoms with Crippen molar-refractivity contribution < 1.29 is 26.7 Å². The first-order chi connectivity index (χ1) is 9.00. The van der Waals surface area contributed by atoms with Crippen LogP contribution in [0.5, 0.6) is 0 Å². The van der Waals surface area contributed by atoms with E-state index in [0.717, 1.165) is 6.26 Å². The minimum atomic E-state index is -3.94. The van der Waals surface area contributed by atoms with Gasteiger partial charge in [0.25, 0.3) is 0 Å². The molecule has 0 aromatic rings. The third-order valence-corrected chi connectivity index (χ3v) is 2.93. The molecular weight excluding hydrogens is 302 g/mol. The Kier molecular flexibility index (Phi) is 6.93. The van der Waals surface area contributed by atoms with Crippen molar-refractivity contribution in [3.63, 3.8) is 0 Å². The quantitative estimate of drug-likeness (QED) is 0.232. The third-order valence-electron chi connectivity index (χ3n) is 1.64. The third kappa shape index (κ3) is 7.95. The molecule has 0 fully saturated rings. The molecule has 0 atom stereocenters. The van der Waals surface area contributed by atoms with Crippen molar-refractivity contribution in [3.05, 3.63) is 11.8 Å². The number of rotatable bonds is 7. The van der Waals surface area contributed by atoms with Crippen LogP contribution in [0.2, 0.25) is 19.6 Å². The van der Waals surface area contributed by atoms with E-state index in [1.165, 1.54) is 7.11 Å². The molecule has 0 rings (SSSR count). The van der Waals surface area contributed by atoms with Crippen LogP contribution in [0.3, 0.4) is 0 Å². The van der Waals surface area contributed by atoms with Crippen LogP contribution in [-0.2, 0) is 28.4 Å². The maximum Gasteiger partial charge on any atom is 0.379 e. The Bertz CT molecular complexity index is 503. The van der Waals surface area contributed by atoms with Gasteiger partial charge in [0.2, 0.25) is 14.0 Å². The van der Waals surface area contributed by atoms with Crippen molar-refractivity contribution in [2.45, 2.75) is 33.0 Å². The van der Waals surface area contributed by atoms with Gasteiger partial charge in [-0.3, -0.25) is 0 Å². The maximum absolute atomic E-state index is 11.8. The lowest BCUT2D eigenvalue weighted by molar-refractivity contribution is -0.126. The minimum Gasteiger partial charge on any atom is -0.543 e. The first-order valence-electron chi connectivity index (χ1n) is 5.94. The van der Waals surface area contributed by atoms with Crippen molar-refractivity contribution in [1.82, 2.24) is 0 Å². The molecular formula is C11H21NO6SSi. The van der Waals surface area contributed by atoms with Gasteiger partial charge in [-0.25, -0.2) is 4.79 Å². The van der Waals surface area contributed by atoms with Gasteiger partial charge in [-0.1, -0.05) is 12.1 Å².